The lowest BCUT2D eigenvalue weighted by molar-refractivity contribution is 0.0942. The van der Waals surface area contributed by atoms with Gasteiger partial charge in [0.1, 0.15) is 12.4 Å². The zero-order chi connectivity index (χ0) is 19.2. The molecule has 1 unspecified atom stereocenters. The van der Waals surface area contributed by atoms with Crippen molar-refractivity contribution < 1.29 is 14.1 Å². The Morgan fingerprint density at radius 3 is 2.52 bits per heavy atom. The monoisotopic (exact) mass is 364 g/mol. The Kier molecular flexibility index (Phi) is 5.91. The van der Waals surface area contributed by atoms with Crippen LogP contribution < -0.4 is 10.1 Å². The summed E-state index contributed by atoms with van der Waals surface area (Å²) in [4.78, 5) is 12.3. The minimum atomic E-state index is -0.250. The van der Waals surface area contributed by atoms with E-state index in [2.05, 4.69) is 29.5 Å². The molecule has 1 heterocycles. The lowest BCUT2D eigenvalue weighted by atomic mass is 10.0. The van der Waals surface area contributed by atoms with E-state index >= 15 is 0 Å². The topological polar surface area (TPSA) is 64.4 Å². The molecular weight excluding hydrogens is 340 g/mol. The number of aromatic nitrogens is 1. The third-order valence-corrected chi connectivity index (χ3v) is 4.50. The van der Waals surface area contributed by atoms with Crippen molar-refractivity contribution >= 4 is 5.91 Å². The van der Waals surface area contributed by atoms with Crippen molar-refractivity contribution in [1.82, 2.24) is 10.5 Å². The highest BCUT2D eigenvalue weighted by Gasteiger charge is 2.15. The molecule has 0 aliphatic rings. The van der Waals surface area contributed by atoms with Crippen LogP contribution in [0.25, 0.3) is 0 Å². The summed E-state index contributed by atoms with van der Waals surface area (Å²) in [5, 5.41) is 6.76. The molecule has 1 N–H and O–H groups in total. The Hall–Kier alpha value is -3.08. The summed E-state index contributed by atoms with van der Waals surface area (Å²) in [6.07, 6.45) is 0. The molecule has 0 saturated carbocycles. The molecule has 1 amide bonds. The zero-order valence-electron chi connectivity index (χ0n) is 15.9. The van der Waals surface area contributed by atoms with E-state index in [9.17, 15) is 4.79 Å². The summed E-state index contributed by atoms with van der Waals surface area (Å²) in [6, 6.07) is 17.7. The first-order chi connectivity index (χ1) is 13.0. The summed E-state index contributed by atoms with van der Waals surface area (Å²) >= 11 is 0. The number of hydrogen-bond acceptors (Lipinski definition) is 4. The van der Waals surface area contributed by atoms with E-state index < -0.39 is 0 Å². The zero-order valence-corrected chi connectivity index (χ0v) is 15.9. The number of rotatable bonds is 7. The van der Waals surface area contributed by atoms with E-state index in [1.165, 1.54) is 5.56 Å². The SMILES string of the molecule is Cc1cccc(C)c1OCc1cc(C(=O)NCC(C)c2ccccc2)no1. The van der Waals surface area contributed by atoms with Crippen molar-refractivity contribution in [3.63, 3.8) is 0 Å². The van der Waals surface area contributed by atoms with Gasteiger partial charge in [-0.1, -0.05) is 60.6 Å². The smallest absolute Gasteiger partial charge is 0.273 e. The van der Waals surface area contributed by atoms with Crippen LogP contribution >= 0.6 is 0 Å². The fourth-order valence-corrected chi connectivity index (χ4v) is 2.89. The predicted octanol–water partition coefficient (Wildman–Crippen LogP) is 4.40. The molecule has 1 aromatic heterocycles. The molecule has 5 heteroatoms. The fraction of sp³-hybridized carbons (Fsp3) is 0.273. The van der Waals surface area contributed by atoms with Crippen LogP contribution in [0.2, 0.25) is 0 Å². The van der Waals surface area contributed by atoms with Gasteiger partial charge in [-0.25, -0.2) is 0 Å². The second-order valence-corrected chi connectivity index (χ2v) is 6.71. The maximum Gasteiger partial charge on any atom is 0.273 e. The first kappa shape index (κ1) is 18.7. The van der Waals surface area contributed by atoms with E-state index in [0.717, 1.165) is 16.9 Å². The van der Waals surface area contributed by atoms with Crippen LogP contribution in [-0.4, -0.2) is 17.6 Å². The van der Waals surface area contributed by atoms with E-state index in [1.807, 2.05) is 50.2 Å². The Labute approximate surface area is 159 Å². The number of nitrogens with one attached hydrogen (secondary N) is 1. The first-order valence-corrected chi connectivity index (χ1v) is 9.02. The normalized spacial score (nSPS) is 11.8. The van der Waals surface area contributed by atoms with Crippen LogP contribution in [0.1, 0.15) is 45.8 Å². The number of carbonyl (C=O) groups is 1. The van der Waals surface area contributed by atoms with Gasteiger partial charge in [-0.05, 0) is 36.5 Å². The van der Waals surface area contributed by atoms with Gasteiger partial charge >= 0.3 is 0 Å². The Balaban J connectivity index is 1.54. The summed E-state index contributed by atoms with van der Waals surface area (Å²) < 4.78 is 11.1. The average Bonchev–Trinajstić information content (AvgIpc) is 3.15. The van der Waals surface area contributed by atoms with Gasteiger partial charge in [0.2, 0.25) is 0 Å². The minimum absolute atomic E-state index is 0.217. The maximum absolute atomic E-state index is 12.3. The van der Waals surface area contributed by atoms with E-state index in [4.69, 9.17) is 9.26 Å². The standard InChI is InChI=1S/C22H24N2O3/c1-15-8-7-9-16(2)21(15)26-14-19-12-20(24-27-19)22(25)23-13-17(3)18-10-5-4-6-11-18/h4-12,17H,13-14H2,1-3H3,(H,23,25). The number of aryl methyl sites for hydroxylation is 2. The number of amides is 1. The Bertz CT molecular complexity index is 883. The third kappa shape index (κ3) is 4.76. The number of carbonyl (C=O) groups excluding carboxylic acids is 1. The highest BCUT2D eigenvalue weighted by Crippen LogP contribution is 2.23. The van der Waals surface area contributed by atoms with Crippen LogP contribution in [0.15, 0.2) is 59.1 Å². The van der Waals surface area contributed by atoms with Gasteiger partial charge in [-0.3, -0.25) is 4.79 Å². The number of ether oxygens (including phenoxy) is 1. The number of para-hydroxylation sites is 1. The fourth-order valence-electron chi connectivity index (χ4n) is 2.89. The lowest BCUT2D eigenvalue weighted by Gasteiger charge is -2.12. The first-order valence-electron chi connectivity index (χ1n) is 9.02. The van der Waals surface area contributed by atoms with E-state index in [1.54, 1.807) is 6.07 Å². The number of nitrogens with zero attached hydrogens (tertiary/aromatic N) is 1. The molecule has 0 bridgehead atoms. The van der Waals surface area contributed by atoms with Crippen LogP contribution in [-0.2, 0) is 6.61 Å². The molecule has 0 saturated heterocycles. The Morgan fingerprint density at radius 1 is 1.11 bits per heavy atom. The van der Waals surface area contributed by atoms with Crippen molar-refractivity contribution in [2.75, 3.05) is 6.54 Å². The van der Waals surface area contributed by atoms with Crippen molar-refractivity contribution in [1.29, 1.82) is 0 Å². The van der Waals surface area contributed by atoms with Gasteiger partial charge in [0.05, 0.1) is 0 Å². The number of hydrogen-bond donors (Lipinski definition) is 1. The molecule has 27 heavy (non-hydrogen) atoms. The highest BCUT2D eigenvalue weighted by atomic mass is 16.5. The van der Waals surface area contributed by atoms with E-state index in [-0.39, 0.29) is 24.1 Å². The second kappa shape index (κ2) is 8.54. The van der Waals surface area contributed by atoms with Crippen LogP contribution in [0, 0.1) is 13.8 Å². The Morgan fingerprint density at radius 2 is 1.81 bits per heavy atom. The van der Waals surface area contributed by atoms with Crippen LogP contribution in [0.5, 0.6) is 5.75 Å². The van der Waals surface area contributed by atoms with Gasteiger partial charge in [0, 0.05) is 12.6 Å². The molecule has 0 spiro atoms. The average molecular weight is 364 g/mol. The summed E-state index contributed by atoms with van der Waals surface area (Å²) in [5.74, 6) is 1.31. The van der Waals surface area contributed by atoms with Gasteiger partial charge in [-0.2, -0.15) is 0 Å². The molecular formula is C22H24N2O3. The molecule has 1 atom stereocenters. The molecule has 2 aromatic carbocycles. The molecule has 5 nitrogen and oxygen atoms in total. The van der Waals surface area contributed by atoms with E-state index in [0.29, 0.717) is 12.3 Å². The van der Waals surface area contributed by atoms with Crippen molar-refractivity contribution in [2.45, 2.75) is 33.3 Å². The summed E-state index contributed by atoms with van der Waals surface area (Å²) in [5.41, 5.74) is 3.56. The lowest BCUT2D eigenvalue weighted by Crippen LogP contribution is -2.27. The van der Waals surface area contributed by atoms with Gasteiger partial charge in [0.15, 0.2) is 11.5 Å². The molecule has 3 aromatic rings. The summed E-state index contributed by atoms with van der Waals surface area (Å²) in [7, 11) is 0. The molecule has 3 rings (SSSR count). The maximum atomic E-state index is 12.3. The van der Waals surface area contributed by atoms with Gasteiger partial charge in [0.25, 0.3) is 5.91 Å². The summed E-state index contributed by atoms with van der Waals surface area (Å²) in [6.45, 7) is 6.82. The van der Waals surface area contributed by atoms with Crippen LogP contribution in [0.3, 0.4) is 0 Å². The van der Waals surface area contributed by atoms with Gasteiger partial charge < -0.3 is 14.6 Å². The molecule has 0 fully saturated rings. The van der Waals surface area contributed by atoms with Crippen LogP contribution in [0.4, 0.5) is 0 Å². The largest absolute Gasteiger partial charge is 0.485 e. The second-order valence-electron chi connectivity index (χ2n) is 6.71. The molecule has 0 aliphatic heterocycles. The number of benzene rings is 2. The molecule has 140 valence electrons. The molecule has 0 radical (unpaired) electrons. The van der Waals surface area contributed by atoms with Crippen molar-refractivity contribution in [3.8, 4) is 5.75 Å². The van der Waals surface area contributed by atoms with Crippen molar-refractivity contribution in [2.24, 2.45) is 0 Å². The van der Waals surface area contributed by atoms with Gasteiger partial charge in [-0.15, -0.1) is 0 Å². The third-order valence-electron chi connectivity index (χ3n) is 4.50. The highest BCUT2D eigenvalue weighted by molar-refractivity contribution is 5.92. The van der Waals surface area contributed by atoms with Crippen molar-refractivity contribution in [3.05, 3.63) is 82.7 Å². The predicted molar refractivity (Wildman–Crippen MR) is 104 cm³/mol. The quantitative estimate of drug-likeness (QED) is 0.675. The minimum Gasteiger partial charge on any atom is -0.485 e. The molecule has 0 aliphatic carbocycles.